The summed E-state index contributed by atoms with van der Waals surface area (Å²) in [4.78, 5) is 26.7. The standard InChI is InChI=1S/C22H17N3O6/c1-29-18-10-11-20-19(12-18)24-22(31-20)14-2-4-15(5-3-14)23-21(26)13-30-17-8-6-16(7-9-17)25(27)28/h2-12H,13H2,1H3,(H,23,26). The second-order valence-electron chi connectivity index (χ2n) is 6.52. The summed E-state index contributed by atoms with van der Waals surface area (Å²) < 4.78 is 16.3. The number of benzene rings is 3. The Morgan fingerprint density at radius 2 is 1.77 bits per heavy atom. The molecule has 9 heteroatoms. The molecule has 0 fully saturated rings. The minimum absolute atomic E-state index is 0.0463. The van der Waals surface area contributed by atoms with Gasteiger partial charge in [0.2, 0.25) is 5.89 Å². The van der Waals surface area contributed by atoms with E-state index < -0.39 is 4.92 Å². The molecule has 0 aliphatic carbocycles. The normalized spacial score (nSPS) is 10.6. The van der Waals surface area contributed by atoms with Gasteiger partial charge in [0.1, 0.15) is 17.0 Å². The summed E-state index contributed by atoms with van der Waals surface area (Å²) in [5, 5.41) is 13.4. The number of carbonyl (C=O) groups excluding carboxylic acids is 1. The van der Waals surface area contributed by atoms with E-state index in [1.165, 1.54) is 24.3 Å². The summed E-state index contributed by atoms with van der Waals surface area (Å²) in [5.74, 6) is 1.16. The molecule has 0 aliphatic rings. The smallest absolute Gasteiger partial charge is 0.269 e. The van der Waals surface area contributed by atoms with Gasteiger partial charge in [0.25, 0.3) is 11.6 Å². The van der Waals surface area contributed by atoms with E-state index in [0.717, 1.165) is 5.56 Å². The van der Waals surface area contributed by atoms with Gasteiger partial charge >= 0.3 is 0 Å². The molecule has 9 nitrogen and oxygen atoms in total. The van der Waals surface area contributed by atoms with Crippen LogP contribution in [0.25, 0.3) is 22.6 Å². The van der Waals surface area contributed by atoms with Crippen LogP contribution in [0.1, 0.15) is 0 Å². The van der Waals surface area contributed by atoms with Crippen LogP contribution in [-0.2, 0) is 4.79 Å². The molecule has 1 amide bonds. The second kappa shape index (κ2) is 8.54. The Balaban J connectivity index is 1.36. The van der Waals surface area contributed by atoms with E-state index in [0.29, 0.717) is 34.2 Å². The Kier molecular flexibility index (Phi) is 5.48. The minimum atomic E-state index is -0.502. The number of hydrogen-bond acceptors (Lipinski definition) is 7. The fourth-order valence-corrected chi connectivity index (χ4v) is 2.86. The molecule has 4 rings (SSSR count). The first-order valence-corrected chi connectivity index (χ1v) is 9.24. The fourth-order valence-electron chi connectivity index (χ4n) is 2.86. The molecule has 3 aromatic carbocycles. The summed E-state index contributed by atoms with van der Waals surface area (Å²) in [6.45, 7) is -0.230. The molecule has 0 aliphatic heterocycles. The zero-order valence-corrected chi connectivity index (χ0v) is 16.4. The number of ether oxygens (including phenoxy) is 2. The van der Waals surface area contributed by atoms with Crippen LogP contribution in [-0.4, -0.2) is 29.5 Å². The summed E-state index contributed by atoms with van der Waals surface area (Å²) in [6.07, 6.45) is 0. The van der Waals surface area contributed by atoms with E-state index in [-0.39, 0.29) is 18.2 Å². The monoisotopic (exact) mass is 419 g/mol. The van der Waals surface area contributed by atoms with Crippen molar-refractivity contribution in [2.24, 2.45) is 0 Å². The third-order valence-electron chi connectivity index (χ3n) is 4.43. The topological polar surface area (TPSA) is 117 Å². The van der Waals surface area contributed by atoms with Crippen LogP contribution in [0.15, 0.2) is 71.1 Å². The average Bonchev–Trinajstić information content (AvgIpc) is 3.21. The number of fused-ring (bicyclic) bond motifs is 1. The van der Waals surface area contributed by atoms with E-state index in [4.69, 9.17) is 13.9 Å². The van der Waals surface area contributed by atoms with Crippen molar-refractivity contribution in [3.05, 3.63) is 76.8 Å². The maximum atomic E-state index is 12.1. The Morgan fingerprint density at radius 3 is 2.45 bits per heavy atom. The number of hydrogen-bond donors (Lipinski definition) is 1. The second-order valence-corrected chi connectivity index (χ2v) is 6.52. The van der Waals surface area contributed by atoms with Crippen LogP contribution < -0.4 is 14.8 Å². The van der Waals surface area contributed by atoms with Crippen molar-refractivity contribution in [1.82, 2.24) is 4.98 Å². The average molecular weight is 419 g/mol. The quantitative estimate of drug-likeness (QED) is 0.348. The lowest BCUT2D eigenvalue weighted by Crippen LogP contribution is -2.20. The van der Waals surface area contributed by atoms with Crippen LogP contribution in [0.5, 0.6) is 11.5 Å². The Labute approximate surface area is 176 Å². The van der Waals surface area contributed by atoms with Crippen LogP contribution in [0, 0.1) is 10.1 Å². The van der Waals surface area contributed by atoms with Crippen LogP contribution in [0.2, 0.25) is 0 Å². The van der Waals surface area contributed by atoms with Crippen LogP contribution in [0.4, 0.5) is 11.4 Å². The third-order valence-corrected chi connectivity index (χ3v) is 4.43. The van der Waals surface area contributed by atoms with Crippen LogP contribution in [0.3, 0.4) is 0 Å². The number of anilines is 1. The van der Waals surface area contributed by atoms with Crippen molar-refractivity contribution < 1.29 is 23.6 Å². The Hall–Kier alpha value is -4.40. The zero-order chi connectivity index (χ0) is 21.8. The van der Waals surface area contributed by atoms with Gasteiger partial charge in [-0.05, 0) is 48.5 Å². The number of oxazole rings is 1. The van der Waals surface area contributed by atoms with E-state index >= 15 is 0 Å². The number of nitrogens with zero attached hydrogens (tertiary/aromatic N) is 2. The van der Waals surface area contributed by atoms with Crippen molar-refractivity contribution in [3.8, 4) is 23.0 Å². The molecule has 0 bridgehead atoms. The zero-order valence-electron chi connectivity index (χ0n) is 16.4. The minimum Gasteiger partial charge on any atom is -0.497 e. The molecule has 4 aromatic rings. The molecule has 0 saturated heterocycles. The number of nitrogens with one attached hydrogen (secondary N) is 1. The highest BCUT2D eigenvalue weighted by atomic mass is 16.6. The van der Waals surface area contributed by atoms with Crippen molar-refractivity contribution in [2.45, 2.75) is 0 Å². The predicted octanol–water partition coefficient (Wildman–Crippen LogP) is 4.43. The highest BCUT2D eigenvalue weighted by Crippen LogP contribution is 2.27. The third kappa shape index (κ3) is 4.61. The number of methoxy groups -OCH3 is 1. The van der Waals surface area contributed by atoms with E-state index in [1.54, 1.807) is 49.6 Å². The van der Waals surface area contributed by atoms with Gasteiger partial charge in [-0.2, -0.15) is 0 Å². The number of carbonyl (C=O) groups is 1. The Bertz CT molecular complexity index is 1230. The Morgan fingerprint density at radius 1 is 1.06 bits per heavy atom. The molecule has 1 N–H and O–H groups in total. The molecule has 1 aromatic heterocycles. The fraction of sp³-hybridized carbons (Fsp3) is 0.0909. The van der Waals surface area contributed by atoms with Crippen LogP contribution >= 0.6 is 0 Å². The summed E-state index contributed by atoms with van der Waals surface area (Å²) in [6, 6.07) is 17.9. The maximum Gasteiger partial charge on any atom is 0.269 e. The van der Waals surface area contributed by atoms with Crippen molar-refractivity contribution in [1.29, 1.82) is 0 Å². The first kappa shape index (κ1) is 19.9. The number of nitro groups is 1. The SMILES string of the molecule is COc1ccc2oc(-c3ccc(NC(=O)COc4ccc([N+](=O)[O-])cc4)cc3)nc2c1. The molecular weight excluding hydrogens is 402 g/mol. The van der Waals surface area contributed by atoms with E-state index in [1.807, 2.05) is 0 Å². The first-order valence-electron chi connectivity index (χ1n) is 9.24. The number of rotatable bonds is 7. The van der Waals surface area contributed by atoms with Gasteiger partial charge in [-0.15, -0.1) is 0 Å². The van der Waals surface area contributed by atoms with Gasteiger partial charge < -0.3 is 19.2 Å². The molecule has 0 spiro atoms. The lowest BCUT2D eigenvalue weighted by Gasteiger charge is -2.07. The molecule has 0 atom stereocenters. The summed E-state index contributed by atoms with van der Waals surface area (Å²) in [7, 11) is 1.59. The number of non-ortho nitro benzene ring substituents is 1. The molecule has 0 unspecified atom stereocenters. The van der Waals surface area contributed by atoms with Crippen molar-refractivity contribution in [3.63, 3.8) is 0 Å². The molecular formula is C22H17N3O6. The number of amides is 1. The highest BCUT2D eigenvalue weighted by molar-refractivity contribution is 5.92. The predicted molar refractivity (Wildman–Crippen MR) is 113 cm³/mol. The van der Waals surface area contributed by atoms with E-state index in [9.17, 15) is 14.9 Å². The largest absolute Gasteiger partial charge is 0.497 e. The molecule has 156 valence electrons. The van der Waals surface area contributed by atoms with Crippen molar-refractivity contribution in [2.75, 3.05) is 19.0 Å². The maximum absolute atomic E-state index is 12.1. The van der Waals surface area contributed by atoms with Gasteiger partial charge in [0.05, 0.1) is 12.0 Å². The first-order chi connectivity index (χ1) is 15.0. The van der Waals surface area contributed by atoms with Gasteiger partial charge in [-0.1, -0.05) is 0 Å². The summed E-state index contributed by atoms with van der Waals surface area (Å²) >= 11 is 0. The van der Waals surface area contributed by atoms with Gasteiger partial charge in [-0.25, -0.2) is 4.98 Å². The summed E-state index contributed by atoms with van der Waals surface area (Å²) in [5.41, 5.74) is 2.63. The van der Waals surface area contributed by atoms with E-state index in [2.05, 4.69) is 10.3 Å². The molecule has 31 heavy (non-hydrogen) atoms. The lowest BCUT2D eigenvalue weighted by molar-refractivity contribution is -0.384. The highest BCUT2D eigenvalue weighted by Gasteiger charge is 2.10. The van der Waals surface area contributed by atoms with Crippen molar-refractivity contribution >= 4 is 28.4 Å². The number of aromatic nitrogens is 1. The lowest BCUT2D eigenvalue weighted by atomic mass is 10.2. The number of nitro benzene ring substituents is 1. The molecule has 0 radical (unpaired) electrons. The van der Waals surface area contributed by atoms with Gasteiger partial charge in [0, 0.05) is 29.4 Å². The van der Waals surface area contributed by atoms with Gasteiger partial charge in [-0.3, -0.25) is 14.9 Å². The molecule has 1 heterocycles. The molecule has 0 saturated carbocycles. The van der Waals surface area contributed by atoms with Gasteiger partial charge in [0.15, 0.2) is 12.2 Å².